The van der Waals surface area contributed by atoms with Crippen LogP contribution in [0.15, 0.2) is 20.8 Å². The van der Waals surface area contributed by atoms with Crippen molar-refractivity contribution >= 4 is 28.0 Å². The van der Waals surface area contributed by atoms with Gasteiger partial charge in [0.1, 0.15) is 12.6 Å². The number of aromatic nitrogens is 2. The lowest BCUT2D eigenvalue weighted by Gasteiger charge is -2.16. The van der Waals surface area contributed by atoms with Crippen molar-refractivity contribution in [3.05, 3.63) is 37.6 Å². The van der Waals surface area contributed by atoms with E-state index in [2.05, 4.69) is 20.9 Å². The van der Waals surface area contributed by atoms with E-state index in [4.69, 9.17) is 19.9 Å². The summed E-state index contributed by atoms with van der Waals surface area (Å²) in [5, 5.41) is 0. The van der Waals surface area contributed by atoms with Gasteiger partial charge in [0.05, 0.1) is 12.2 Å². The van der Waals surface area contributed by atoms with Gasteiger partial charge in [0.25, 0.3) is 5.56 Å². The molecule has 26 heavy (non-hydrogen) atoms. The number of carbonyl (C=O) groups excluding carboxylic acids is 1. The SMILES string of the molecule is CC(C)C[C@H](N)C(=O)OC[C@H]1OC[C@@H](n2cc(/C=C/Br)c(=O)[nH]c2=O)O1. The van der Waals surface area contributed by atoms with Crippen molar-refractivity contribution in [2.45, 2.75) is 38.8 Å². The Morgan fingerprint density at radius 2 is 2.27 bits per heavy atom. The minimum atomic E-state index is -0.816. The first-order valence-corrected chi connectivity index (χ1v) is 9.05. The number of nitrogens with zero attached hydrogens (tertiary/aromatic N) is 1. The van der Waals surface area contributed by atoms with Gasteiger partial charge in [0.2, 0.25) is 0 Å². The summed E-state index contributed by atoms with van der Waals surface area (Å²) < 4.78 is 17.3. The number of halogens is 1. The van der Waals surface area contributed by atoms with Gasteiger partial charge in [-0.05, 0) is 23.4 Å². The lowest BCUT2D eigenvalue weighted by molar-refractivity contribution is -0.161. The van der Waals surface area contributed by atoms with E-state index in [-0.39, 0.29) is 24.7 Å². The van der Waals surface area contributed by atoms with Crippen LogP contribution in [0, 0.1) is 5.92 Å². The van der Waals surface area contributed by atoms with Crippen LogP contribution in [-0.2, 0) is 19.0 Å². The Hall–Kier alpha value is -1.75. The van der Waals surface area contributed by atoms with E-state index in [9.17, 15) is 14.4 Å². The molecule has 2 heterocycles. The topological polar surface area (TPSA) is 126 Å². The Morgan fingerprint density at radius 1 is 1.54 bits per heavy atom. The normalized spacial score (nSPS) is 21.4. The Labute approximate surface area is 158 Å². The maximum Gasteiger partial charge on any atom is 0.330 e. The van der Waals surface area contributed by atoms with Gasteiger partial charge in [-0.25, -0.2) is 4.79 Å². The van der Waals surface area contributed by atoms with Crippen molar-refractivity contribution in [3.8, 4) is 0 Å². The summed E-state index contributed by atoms with van der Waals surface area (Å²) in [6, 6.07) is -0.701. The Bertz CT molecular complexity index is 772. The molecule has 1 aromatic rings. The second-order valence-electron chi connectivity index (χ2n) is 6.26. The third-order valence-corrected chi connectivity index (χ3v) is 3.94. The molecule has 1 aliphatic rings. The predicted octanol–water partition coefficient (Wildman–Crippen LogP) is 0.690. The zero-order valence-electron chi connectivity index (χ0n) is 14.5. The molecule has 0 unspecified atom stereocenters. The van der Waals surface area contributed by atoms with Crippen LogP contribution < -0.4 is 17.0 Å². The van der Waals surface area contributed by atoms with Crippen LogP contribution in [0.2, 0.25) is 0 Å². The van der Waals surface area contributed by atoms with Crippen LogP contribution >= 0.6 is 15.9 Å². The largest absolute Gasteiger partial charge is 0.459 e. The molecule has 3 atom stereocenters. The molecule has 0 spiro atoms. The molecular weight excluding hydrogens is 410 g/mol. The number of esters is 1. The number of H-pyrrole nitrogens is 1. The summed E-state index contributed by atoms with van der Waals surface area (Å²) >= 11 is 3.08. The fourth-order valence-electron chi connectivity index (χ4n) is 2.44. The van der Waals surface area contributed by atoms with Crippen molar-refractivity contribution in [1.82, 2.24) is 9.55 Å². The molecule has 144 valence electrons. The molecule has 10 heteroatoms. The summed E-state index contributed by atoms with van der Waals surface area (Å²) in [4.78, 5) is 39.2. The van der Waals surface area contributed by atoms with Gasteiger partial charge in [0, 0.05) is 6.20 Å². The molecule has 1 aromatic heterocycles. The molecule has 3 N–H and O–H groups in total. The fourth-order valence-corrected chi connectivity index (χ4v) is 2.72. The number of rotatable bonds is 7. The van der Waals surface area contributed by atoms with Gasteiger partial charge in [-0.3, -0.25) is 19.1 Å². The van der Waals surface area contributed by atoms with Gasteiger partial charge in [-0.2, -0.15) is 0 Å². The van der Waals surface area contributed by atoms with Crippen LogP contribution in [0.3, 0.4) is 0 Å². The molecule has 9 nitrogen and oxygen atoms in total. The number of hydrogen-bond acceptors (Lipinski definition) is 7. The van der Waals surface area contributed by atoms with Crippen molar-refractivity contribution in [3.63, 3.8) is 0 Å². The van der Waals surface area contributed by atoms with E-state index < -0.39 is 35.8 Å². The summed E-state index contributed by atoms with van der Waals surface area (Å²) in [6.45, 7) is 3.86. The minimum absolute atomic E-state index is 0.0731. The summed E-state index contributed by atoms with van der Waals surface area (Å²) in [5.41, 5.74) is 4.90. The second kappa shape index (κ2) is 9.26. The van der Waals surface area contributed by atoms with E-state index >= 15 is 0 Å². The third kappa shape index (κ3) is 5.37. The molecule has 0 amide bonds. The van der Waals surface area contributed by atoms with Crippen molar-refractivity contribution in [2.24, 2.45) is 11.7 Å². The molecular formula is C16H22BrN3O6. The lowest BCUT2D eigenvalue weighted by atomic mass is 10.1. The molecule has 1 fully saturated rings. The first kappa shape index (κ1) is 20.6. The van der Waals surface area contributed by atoms with Gasteiger partial charge in [0.15, 0.2) is 12.5 Å². The summed E-state index contributed by atoms with van der Waals surface area (Å²) in [6.07, 6.45) is 1.84. The smallest absolute Gasteiger partial charge is 0.330 e. The number of nitrogens with two attached hydrogens (primary N) is 1. The number of carbonyl (C=O) groups is 1. The average molecular weight is 432 g/mol. The molecule has 1 aliphatic heterocycles. The van der Waals surface area contributed by atoms with Gasteiger partial charge < -0.3 is 19.9 Å². The minimum Gasteiger partial charge on any atom is -0.459 e. The van der Waals surface area contributed by atoms with E-state index in [0.717, 1.165) is 0 Å². The van der Waals surface area contributed by atoms with Crippen LogP contribution in [0.5, 0.6) is 0 Å². The molecule has 0 radical (unpaired) electrons. The Kier molecular flexibility index (Phi) is 7.33. The molecule has 1 saturated heterocycles. The Balaban J connectivity index is 1.97. The van der Waals surface area contributed by atoms with Gasteiger partial charge >= 0.3 is 11.7 Å². The summed E-state index contributed by atoms with van der Waals surface area (Å²) in [7, 11) is 0. The van der Waals surface area contributed by atoms with Gasteiger partial charge in [-0.15, -0.1) is 0 Å². The highest BCUT2D eigenvalue weighted by molar-refractivity contribution is 9.11. The summed E-state index contributed by atoms with van der Waals surface area (Å²) in [5.74, 6) is -0.254. The van der Waals surface area contributed by atoms with Crippen molar-refractivity contribution in [2.75, 3.05) is 13.2 Å². The number of ether oxygens (including phenoxy) is 3. The molecule has 0 aliphatic carbocycles. The first-order valence-electron chi connectivity index (χ1n) is 8.13. The van der Waals surface area contributed by atoms with Crippen LogP contribution in [0.25, 0.3) is 6.08 Å². The van der Waals surface area contributed by atoms with Crippen LogP contribution in [0.1, 0.15) is 32.1 Å². The maximum absolute atomic E-state index is 12.0. The second-order valence-corrected chi connectivity index (χ2v) is 6.79. The predicted molar refractivity (Wildman–Crippen MR) is 97.5 cm³/mol. The monoisotopic (exact) mass is 431 g/mol. The Morgan fingerprint density at radius 3 is 2.92 bits per heavy atom. The number of nitrogens with one attached hydrogen (secondary N) is 1. The fraction of sp³-hybridized carbons (Fsp3) is 0.562. The zero-order valence-corrected chi connectivity index (χ0v) is 16.1. The van der Waals surface area contributed by atoms with E-state index in [1.54, 1.807) is 0 Å². The van der Waals surface area contributed by atoms with Gasteiger partial charge in [-0.1, -0.05) is 29.8 Å². The zero-order chi connectivity index (χ0) is 19.3. The van der Waals surface area contributed by atoms with Crippen LogP contribution in [0.4, 0.5) is 0 Å². The van der Waals surface area contributed by atoms with E-state index in [0.29, 0.717) is 6.42 Å². The van der Waals surface area contributed by atoms with Crippen molar-refractivity contribution < 1.29 is 19.0 Å². The number of hydrogen-bond donors (Lipinski definition) is 2. The molecule has 0 bridgehead atoms. The molecule has 2 rings (SSSR count). The van der Waals surface area contributed by atoms with Crippen LogP contribution in [-0.4, -0.2) is 41.1 Å². The molecule has 0 aromatic carbocycles. The average Bonchev–Trinajstić information content (AvgIpc) is 3.03. The standard InChI is InChI=1S/C16H22BrN3O6/c1-9(2)5-11(18)15(22)25-8-13-24-7-12(26-13)20-6-10(3-4-17)14(21)19-16(20)23/h3-4,6,9,11-13H,5,7-8,18H2,1-2H3,(H,19,21,23)/b4-3+/t11-,12-,13-/m0/s1. The van der Waals surface area contributed by atoms with Crippen molar-refractivity contribution in [1.29, 1.82) is 0 Å². The highest BCUT2D eigenvalue weighted by Gasteiger charge is 2.30. The highest BCUT2D eigenvalue weighted by Crippen LogP contribution is 2.20. The highest BCUT2D eigenvalue weighted by atomic mass is 79.9. The van der Waals surface area contributed by atoms with E-state index in [1.807, 2.05) is 13.8 Å². The quantitative estimate of drug-likeness (QED) is 0.608. The lowest BCUT2D eigenvalue weighted by Crippen LogP contribution is -2.36. The third-order valence-electron chi connectivity index (χ3n) is 3.67. The van der Waals surface area contributed by atoms with E-state index in [1.165, 1.54) is 21.8 Å². The maximum atomic E-state index is 12.0. The molecule has 0 saturated carbocycles. The first-order chi connectivity index (χ1) is 12.3. The number of aromatic amines is 1.